The molecule has 0 aromatic carbocycles. The van der Waals surface area contributed by atoms with Crippen molar-refractivity contribution in [2.45, 2.75) is 329 Å². The summed E-state index contributed by atoms with van der Waals surface area (Å²) in [6.45, 7) is 4.52. The van der Waals surface area contributed by atoms with Crippen LogP contribution in [0.1, 0.15) is 310 Å². The van der Waals surface area contributed by atoms with Gasteiger partial charge in [-0.15, -0.1) is 0 Å². The van der Waals surface area contributed by atoms with Gasteiger partial charge in [0.2, 0.25) is 0 Å². The molecule has 0 heterocycles. The average molecular weight is 1420 g/mol. The van der Waals surface area contributed by atoms with Crippen molar-refractivity contribution in [2.75, 3.05) is 39.6 Å². The van der Waals surface area contributed by atoms with Crippen LogP contribution in [0.4, 0.5) is 0 Å². The van der Waals surface area contributed by atoms with E-state index in [1.54, 1.807) is 6.08 Å². The Labute approximate surface area is 594 Å². The van der Waals surface area contributed by atoms with Crippen LogP contribution in [0.3, 0.4) is 0 Å². The lowest BCUT2D eigenvalue weighted by Crippen LogP contribution is -2.30. The fraction of sp³-hybridized carbons (Fsp3) is 0.722. The highest BCUT2D eigenvalue weighted by atomic mass is 31.2. The maximum atomic E-state index is 13.1. The quantitative estimate of drug-likeness (QED) is 0.0169. The topological polar surface area (TPSA) is 237 Å². The molecule has 0 aromatic rings. The number of hydrogen-bond donors (Lipinski definition) is 3. The normalized spacial score (nSPS) is 14.6. The number of aliphatic hydroxyl groups is 1. The molecule has 0 spiro atoms. The molecule has 0 fully saturated rings. The summed E-state index contributed by atoms with van der Waals surface area (Å²) in [6.07, 6.45) is 75.4. The summed E-state index contributed by atoms with van der Waals surface area (Å²) < 4.78 is 68.3. The summed E-state index contributed by atoms with van der Waals surface area (Å²) in [5.74, 6) is -2.34. The van der Waals surface area contributed by atoms with Crippen molar-refractivity contribution in [3.8, 4) is 0 Å². The van der Waals surface area contributed by atoms with Crippen molar-refractivity contribution in [1.82, 2.24) is 0 Å². The maximum Gasteiger partial charge on any atom is 0.472 e. The van der Waals surface area contributed by atoms with E-state index in [0.717, 1.165) is 141 Å². The molecule has 17 nitrogen and oxygen atoms in total. The van der Waals surface area contributed by atoms with Crippen molar-refractivity contribution in [3.05, 3.63) is 109 Å². The molecule has 0 rings (SSSR count). The number of ether oxygens (including phenoxy) is 4. The molecule has 0 saturated carbocycles. The number of carbonyl (C=O) groups is 4. The second-order valence-corrected chi connectivity index (χ2v) is 28.1. The third-order valence-electron chi connectivity index (χ3n) is 15.8. The Balaban J connectivity index is 5.42. The average Bonchev–Trinajstić information content (AvgIpc) is 0.959. The monoisotopic (exact) mass is 1420 g/mol. The number of unbranched alkanes of at least 4 members (excludes halogenated alkanes) is 28. The molecule has 0 saturated heterocycles. The minimum atomic E-state index is -4.99. The lowest BCUT2D eigenvalue weighted by Gasteiger charge is -2.21. The van der Waals surface area contributed by atoms with E-state index in [9.17, 15) is 43.2 Å². The second kappa shape index (κ2) is 71.1. The molecule has 0 bridgehead atoms. The predicted octanol–water partition coefficient (Wildman–Crippen LogP) is 21.8. The van der Waals surface area contributed by atoms with Crippen LogP contribution in [0.15, 0.2) is 109 Å². The van der Waals surface area contributed by atoms with Gasteiger partial charge in [-0.2, -0.15) is 0 Å². The maximum absolute atomic E-state index is 13.1. The van der Waals surface area contributed by atoms with Gasteiger partial charge in [0.25, 0.3) is 0 Å². The Bertz CT molecular complexity index is 2290. The first-order chi connectivity index (χ1) is 47.7. The molecule has 0 aliphatic heterocycles. The van der Waals surface area contributed by atoms with Gasteiger partial charge in [-0.3, -0.25) is 37.3 Å². The molecule has 0 aromatic heterocycles. The minimum Gasteiger partial charge on any atom is -0.462 e. The van der Waals surface area contributed by atoms with Crippen molar-refractivity contribution in [2.24, 2.45) is 0 Å². The zero-order valence-electron chi connectivity index (χ0n) is 61.4. The molecule has 19 heteroatoms. The fourth-order valence-corrected chi connectivity index (χ4v) is 11.6. The zero-order chi connectivity index (χ0) is 71.8. The van der Waals surface area contributed by atoms with Gasteiger partial charge >= 0.3 is 39.5 Å². The van der Waals surface area contributed by atoms with E-state index in [1.165, 1.54) is 89.9 Å². The van der Waals surface area contributed by atoms with Crippen LogP contribution in [-0.4, -0.2) is 96.7 Å². The summed E-state index contributed by atoms with van der Waals surface area (Å²) in [7, 11) is -9.98. The van der Waals surface area contributed by atoms with Crippen LogP contribution >= 0.6 is 15.6 Å². The summed E-state index contributed by atoms with van der Waals surface area (Å²) >= 11 is 0. The van der Waals surface area contributed by atoms with E-state index in [0.29, 0.717) is 25.7 Å². The van der Waals surface area contributed by atoms with Gasteiger partial charge in [-0.1, -0.05) is 285 Å². The molecular weight excluding hydrogens is 1280 g/mol. The summed E-state index contributed by atoms with van der Waals surface area (Å²) in [5, 5.41) is 10.6. The fourth-order valence-electron chi connectivity index (χ4n) is 10.0. The van der Waals surface area contributed by atoms with E-state index < -0.39 is 97.5 Å². The van der Waals surface area contributed by atoms with Crippen molar-refractivity contribution in [1.29, 1.82) is 0 Å². The Morgan fingerprint density at radius 3 is 0.918 bits per heavy atom. The SMILES string of the molecule is CC/C=C\C/C=C\C/C=C\C/C=C\C/C=C\CC(=O)OCC(COP(=O)(O)OCC(O)COP(=O)(O)OCC(COC(=O)CCCCCCC/C=C\C/C=C\C/C=C\CC)OC(=O)CCCCCCC/C=C\CCCCCCCC)OC(=O)CCCCCCCCCCCCCCC. The highest BCUT2D eigenvalue weighted by Gasteiger charge is 2.30. The standard InChI is InChI=1S/C79H136O17P2/c1-5-9-13-17-21-25-29-33-36-40-43-47-51-55-59-63-76(81)89-69-74(95-78(83)65-61-57-53-49-45-39-32-28-24-20-16-12-8-4)71-93-97(85,86)91-67-73(80)68-92-98(87,88)94-72-75(96-79(84)66-62-58-54-50-46-42-38-35-31-27-23-19-15-11-7-3)70-90-77(82)64-60-56-52-48-44-41-37-34-30-26-22-18-14-10-6-2/h9-10,13-14,21-22,25-26,33-38,43,47,55,59,73-75,80H,5-8,11-12,15-20,23-24,27-32,39-42,44-46,48-54,56-58,60-72H2,1-4H3,(H,85,86)(H,87,88)/b13-9-,14-10-,25-21-,26-22-,36-33-,37-34-,38-35-,47-43-,59-55-. The van der Waals surface area contributed by atoms with E-state index in [2.05, 4.69) is 113 Å². The number of carbonyl (C=O) groups excluding carboxylic acids is 4. The van der Waals surface area contributed by atoms with E-state index in [1.807, 2.05) is 18.2 Å². The van der Waals surface area contributed by atoms with Gasteiger partial charge in [-0.25, -0.2) is 9.13 Å². The molecular formula is C79H136O17P2. The minimum absolute atomic E-state index is 0.0698. The molecule has 0 aliphatic rings. The molecule has 3 N–H and O–H groups in total. The highest BCUT2D eigenvalue weighted by molar-refractivity contribution is 7.47. The number of allylic oxidation sites excluding steroid dienone is 17. The van der Waals surface area contributed by atoms with Crippen LogP contribution in [0.2, 0.25) is 0 Å². The third kappa shape index (κ3) is 70.2. The van der Waals surface area contributed by atoms with Crippen LogP contribution in [0, 0.1) is 0 Å². The van der Waals surface area contributed by atoms with Gasteiger partial charge in [-0.05, 0) is 109 Å². The zero-order valence-corrected chi connectivity index (χ0v) is 63.2. The smallest absolute Gasteiger partial charge is 0.462 e. The Kier molecular flexibility index (Phi) is 68.0. The number of rotatable bonds is 71. The van der Waals surface area contributed by atoms with E-state index >= 15 is 0 Å². The predicted molar refractivity (Wildman–Crippen MR) is 399 cm³/mol. The molecule has 5 unspecified atom stereocenters. The van der Waals surface area contributed by atoms with E-state index in [-0.39, 0.29) is 25.7 Å². The molecule has 0 amide bonds. The Hall–Kier alpha value is -4.28. The molecule has 0 aliphatic carbocycles. The molecule has 564 valence electrons. The van der Waals surface area contributed by atoms with Crippen LogP contribution in [0.25, 0.3) is 0 Å². The van der Waals surface area contributed by atoms with E-state index in [4.69, 9.17) is 37.0 Å². The van der Waals surface area contributed by atoms with Gasteiger partial charge in [0.05, 0.1) is 32.8 Å². The molecule has 0 radical (unpaired) electrons. The molecule has 5 atom stereocenters. The first-order valence-electron chi connectivity index (χ1n) is 38.1. The highest BCUT2D eigenvalue weighted by Crippen LogP contribution is 2.45. The summed E-state index contributed by atoms with van der Waals surface area (Å²) in [6, 6.07) is 0. The van der Waals surface area contributed by atoms with Crippen molar-refractivity contribution in [3.63, 3.8) is 0 Å². The van der Waals surface area contributed by atoms with Crippen LogP contribution in [-0.2, 0) is 65.4 Å². The van der Waals surface area contributed by atoms with Gasteiger partial charge in [0, 0.05) is 19.3 Å². The van der Waals surface area contributed by atoms with Crippen molar-refractivity contribution < 1.29 is 80.2 Å². The molecule has 98 heavy (non-hydrogen) atoms. The van der Waals surface area contributed by atoms with Crippen LogP contribution < -0.4 is 0 Å². The van der Waals surface area contributed by atoms with Gasteiger partial charge in [0.1, 0.15) is 19.3 Å². The lowest BCUT2D eigenvalue weighted by atomic mass is 10.0. The number of hydrogen-bond acceptors (Lipinski definition) is 15. The lowest BCUT2D eigenvalue weighted by molar-refractivity contribution is -0.161. The van der Waals surface area contributed by atoms with Crippen LogP contribution in [0.5, 0.6) is 0 Å². The van der Waals surface area contributed by atoms with Crippen molar-refractivity contribution >= 4 is 39.5 Å². The van der Waals surface area contributed by atoms with Gasteiger partial charge < -0.3 is 33.8 Å². The third-order valence-corrected chi connectivity index (χ3v) is 17.7. The number of phosphoric ester groups is 2. The largest absolute Gasteiger partial charge is 0.472 e. The number of phosphoric acid groups is 2. The first-order valence-corrected chi connectivity index (χ1v) is 41.1. The Morgan fingerprint density at radius 1 is 0.306 bits per heavy atom. The second-order valence-electron chi connectivity index (χ2n) is 25.2. The number of esters is 4. The Morgan fingerprint density at radius 2 is 0.571 bits per heavy atom. The summed E-state index contributed by atoms with van der Waals surface area (Å²) in [4.78, 5) is 72.8. The number of aliphatic hydroxyl groups excluding tert-OH is 1. The first kappa shape index (κ1) is 93.7. The van der Waals surface area contributed by atoms with Gasteiger partial charge in [0.15, 0.2) is 12.2 Å². The summed E-state index contributed by atoms with van der Waals surface area (Å²) in [5.41, 5.74) is 0.